The summed E-state index contributed by atoms with van der Waals surface area (Å²) in [6.45, 7) is 0. The molecule has 0 aliphatic heterocycles. The standard InChI is InChI=1S/C13H7ClFN4O/c14-9-5-7(1-3-10(9)15)11-4-2-8(12(16)20)13-17-6-18-19(11)13/h1-5H,(H2,16,20). The van der Waals surface area contributed by atoms with Crippen molar-refractivity contribution in [2.75, 3.05) is 0 Å². The van der Waals surface area contributed by atoms with Crippen LogP contribution in [0.2, 0.25) is 5.02 Å². The second-order valence-corrected chi connectivity index (χ2v) is 4.48. The van der Waals surface area contributed by atoms with Crippen molar-refractivity contribution >= 4 is 23.2 Å². The Kier molecular flexibility index (Phi) is 2.87. The number of rotatable bonds is 2. The minimum Gasteiger partial charge on any atom is -0.365 e. The number of fused-ring (bicyclic) bond motifs is 1. The van der Waals surface area contributed by atoms with E-state index >= 15 is 0 Å². The molecule has 1 aromatic carbocycles. The van der Waals surface area contributed by atoms with E-state index in [1.54, 1.807) is 12.1 Å². The van der Waals surface area contributed by atoms with Crippen LogP contribution in [0.25, 0.3) is 16.9 Å². The third-order valence-electron chi connectivity index (χ3n) is 2.86. The highest BCUT2D eigenvalue weighted by Crippen LogP contribution is 2.25. The molecule has 3 rings (SSSR count). The molecule has 0 spiro atoms. The van der Waals surface area contributed by atoms with Crippen molar-refractivity contribution in [3.63, 3.8) is 0 Å². The van der Waals surface area contributed by atoms with Gasteiger partial charge in [0.1, 0.15) is 5.82 Å². The van der Waals surface area contributed by atoms with Gasteiger partial charge in [-0.3, -0.25) is 4.79 Å². The number of carbonyl (C=O) groups excluding carboxylic acids is 1. The molecule has 0 saturated heterocycles. The van der Waals surface area contributed by atoms with Crippen LogP contribution in [0, 0.1) is 12.1 Å². The highest BCUT2D eigenvalue weighted by molar-refractivity contribution is 6.31. The van der Waals surface area contributed by atoms with E-state index in [0.717, 1.165) is 0 Å². The van der Waals surface area contributed by atoms with Crippen LogP contribution in [0.3, 0.4) is 0 Å². The van der Waals surface area contributed by atoms with Crippen LogP contribution in [0.5, 0.6) is 0 Å². The number of nitrogens with two attached hydrogens (primary N) is 1. The zero-order valence-corrected chi connectivity index (χ0v) is 10.7. The lowest BCUT2D eigenvalue weighted by Crippen LogP contribution is -2.13. The molecule has 20 heavy (non-hydrogen) atoms. The second kappa shape index (κ2) is 4.57. The van der Waals surface area contributed by atoms with Crippen molar-refractivity contribution in [2.45, 2.75) is 0 Å². The normalized spacial score (nSPS) is 10.9. The fraction of sp³-hybridized carbons (Fsp3) is 0. The Labute approximate surface area is 117 Å². The van der Waals surface area contributed by atoms with Gasteiger partial charge < -0.3 is 5.73 Å². The van der Waals surface area contributed by atoms with Gasteiger partial charge in [-0.25, -0.2) is 13.9 Å². The fourth-order valence-corrected chi connectivity index (χ4v) is 2.11. The molecular weight excluding hydrogens is 283 g/mol. The molecule has 0 saturated carbocycles. The quantitative estimate of drug-likeness (QED) is 0.785. The zero-order valence-electron chi connectivity index (χ0n) is 9.97. The van der Waals surface area contributed by atoms with E-state index in [-0.39, 0.29) is 16.2 Å². The molecule has 0 atom stereocenters. The number of benzene rings is 1. The summed E-state index contributed by atoms with van der Waals surface area (Å²) in [5, 5.41) is 3.92. The first kappa shape index (κ1) is 12.6. The molecule has 0 bridgehead atoms. The van der Waals surface area contributed by atoms with E-state index in [9.17, 15) is 9.18 Å². The lowest BCUT2D eigenvalue weighted by atomic mass is 10.1. The monoisotopic (exact) mass is 289 g/mol. The molecule has 7 heteroatoms. The third-order valence-corrected chi connectivity index (χ3v) is 3.15. The molecule has 3 aromatic rings. The number of amides is 1. The van der Waals surface area contributed by atoms with Gasteiger partial charge in [-0.05, 0) is 30.3 Å². The summed E-state index contributed by atoms with van der Waals surface area (Å²) in [5.41, 5.74) is 7.02. The molecule has 1 radical (unpaired) electrons. The first-order chi connectivity index (χ1) is 9.58. The molecule has 5 nitrogen and oxygen atoms in total. The number of pyridine rings is 1. The van der Waals surface area contributed by atoms with Crippen LogP contribution in [0.4, 0.5) is 4.39 Å². The van der Waals surface area contributed by atoms with Gasteiger partial charge in [-0.15, -0.1) is 5.10 Å². The number of hydrogen-bond acceptors (Lipinski definition) is 3. The van der Waals surface area contributed by atoms with E-state index in [4.69, 9.17) is 17.3 Å². The molecule has 0 aliphatic carbocycles. The van der Waals surface area contributed by atoms with Crippen LogP contribution in [-0.4, -0.2) is 20.5 Å². The van der Waals surface area contributed by atoms with Gasteiger partial charge in [0.2, 0.25) is 6.33 Å². The van der Waals surface area contributed by atoms with Gasteiger partial charge in [0.25, 0.3) is 5.91 Å². The van der Waals surface area contributed by atoms with Crippen molar-refractivity contribution < 1.29 is 9.18 Å². The van der Waals surface area contributed by atoms with Gasteiger partial charge in [0.05, 0.1) is 16.3 Å². The smallest absolute Gasteiger partial charge is 0.252 e. The van der Waals surface area contributed by atoms with Crippen molar-refractivity contribution in [3.05, 3.63) is 53.1 Å². The maximum absolute atomic E-state index is 13.2. The molecular formula is C13H7ClFN4O. The van der Waals surface area contributed by atoms with E-state index in [0.29, 0.717) is 11.3 Å². The molecule has 0 aliphatic rings. The Bertz CT molecular complexity index is 830. The predicted octanol–water partition coefficient (Wildman–Crippen LogP) is 2.09. The predicted molar refractivity (Wildman–Crippen MR) is 70.7 cm³/mol. The Morgan fingerprint density at radius 3 is 2.85 bits per heavy atom. The molecule has 2 heterocycles. The minimum atomic E-state index is -0.611. The second-order valence-electron chi connectivity index (χ2n) is 4.07. The highest BCUT2D eigenvalue weighted by atomic mass is 35.5. The number of nitrogens with zero attached hydrogens (tertiary/aromatic N) is 3. The average molecular weight is 290 g/mol. The van der Waals surface area contributed by atoms with Gasteiger partial charge >= 0.3 is 0 Å². The topological polar surface area (TPSA) is 73.3 Å². The molecule has 99 valence electrons. The summed E-state index contributed by atoms with van der Waals surface area (Å²) >= 11 is 5.77. The summed E-state index contributed by atoms with van der Waals surface area (Å²) < 4.78 is 14.6. The van der Waals surface area contributed by atoms with E-state index in [2.05, 4.69) is 16.4 Å². The summed E-state index contributed by atoms with van der Waals surface area (Å²) in [5.74, 6) is -1.12. The number of hydrogen-bond donors (Lipinski definition) is 1. The van der Waals surface area contributed by atoms with Crippen LogP contribution in [0.15, 0.2) is 30.3 Å². The Morgan fingerprint density at radius 1 is 1.35 bits per heavy atom. The van der Waals surface area contributed by atoms with Gasteiger partial charge in [-0.1, -0.05) is 11.6 Å². The zero-order chi connectivity index (χ0) is 14.3. The molecule has 2 aromatic heterocycles. The number of primary amides is 1. The van der Waals surface area contributed by atoms with Crippen LogP contribution in [-0.2, 0) is 0 Å². The van der Waals surface area contributed by atoms with Crippen molar-refractivity contribution in [1.82, 2.24) is 14.6 Å². The maximum atomic E-state index is 13.2. The maximum Gasteiger partial charge on any atom is 0.252 e. The fourth-order valence-electron chi connectivity index (χ4n) is 1.93. The van der Waals surface area contributed by atoms with Crippen LogP contribution in [0.1, 0.15) is 10.4 Å². The van der Waals surface area contributed by atoms with Gasteiger partial charge in [0.15, 0.2) is 5.65 Å². The number of aromatic nitrogens is 3. The molecule has 0 unspecified atom stereocenters. The average Bonchev–Trinajstić information content (AvgIpc) is 2.89. The number of halogens is 2. The SMILES string of the molecule is NC(=O)c1ccc(-c2ccc(F)c(Cl)c2)n2n[c]nc12. The largest absolute Gasteiger partial charge is 0.365 e. The van der Waals surface area contributed by atoms with Crippen molar-refractivity contribution in [3.8, 4) is 11.3 Å². The minimum absolute atomic E-state index is 0.00118. The first-order valence-corrected chi connectivity index (χ1v) is 5.97. The van der Waals surface area contributed by atoms with Crippen LogP contribution >= 0.6 is 11.6 Å². The Balaban J connectivity index is 2.27. The number of carbonyl (C=O) groups is 1. The van der Waals surface area contributed by atoms with E-state index in [1.807, 2.05) is 0 Å². The van der Waals surface area contributed by atoms with Crippen molar-refractivity contribution in [2.24, 2.45) is 5.73 Å². The molecule has 0 fully saturated rings. The molecule has 1 amide bonds. The third kappa shape index (κ3) is 1.90. The summed E-state index contributed by atoms with van der Waals surface area (Å²) in [6, 6.07) is 7.46. The van der Waals surface area contributed by atoms with Gasteiger partial charge in [-0.2, -0.15) is 0 Å². The Hall–Kier alpha value is -2.47. The highest BCUT2D eigenvalue weighted by Gasteiger charge is 2.14. The first-order valence-electron chi connectivity index (χ1n) is 5.59. The van der Waals surface area contributed by atoms with E-state index in [1.165, 1.54) is 22.7 Å². The van der Waals surface area contributed by atoms with Gasteiger partial charge in [0, 0.05) is 5.56 Å². The molecule has 2 N–H and O–H groups in total. The van der Waals surface area contributed by atoms with Crippen molar-refractivity contribution in [1.29, 1.82) is 0 Å². The van der Waals surface area contributed by atoms with E-state index < -0.39 is 11.7 Å². The van der Waals surface area contributed by atoms with Crippen LogP contribution < -0.4 is 5.73 Å². The Morgan fingerprint density at radius 2 is 2.15 bits per heavy atom. The lowest BCUT2D eigenvalue weighted by molar-refractivity contribution is 0.100. The summed E-state index contributed by atoms with van der Waals surface area (Å²) in [7, 11) is 0. The lowest BCUT2D eigenvalue weighted by Gasteiger charge is -2.07. The summed E-state index contributed by atoms with van der Waals surface area (Å²) in [4.78, 5) is 15.2. The summed E-state index contributed by atoms with van der Waals surface area (Å²) in [6.07, 6.45) is 2.42.